The van der Waals surface area contributed by atoms with E-state index in [-0.39, 0.29) is 18.4 Å². The Morgan fingerprint density at radius 2 is 1.53 bits per heavy atom. The van der Waals surface area contributed by atoms with Gasteiger partial charge in [-0.15, -0.1) is 0 Å². The normalized spacial score (nSPS) is 15.7. The molecule has 5 aromatic rings. The second-order valence-electron chi connectivity index (χ2n) is 13.3. The van der Waals surface area contributed by atoms with E-state index in [2.05, 4.69) is 41.8 Å². The van der Waals surface area contributed by atoms with Gasteiger partial charge in [0.25, 0.3) is 0 Å². The van der Waals surface area contributed by atoms with Gasteiger partial charge in [-0.05, 0) is 40.3 Å². The van der Waals surface area contributed by atoms with Crippen molar-refractivity contribution in [1.29, 1.82) is 5.26 Å². The number of morpholine rings is 1. The number of benzene rings is 4. The Labute approximate surface area is 299 Å². The van der Waals surface area contributed by atoms with Gasteiger partial charge in [-0.3, -0.25) is 9.59 Å². The molecule has 3 heterocycles. The molecule has 0 aliphatic carbocycles. The van der Waals surface area contributed by atoms with E-state index in [1.54, 1.807) is 4.90 Å². The minimum Gasteiger partial charge on any atom is -0.378 e. The monoisotopic (exact) mass is 677 g/mol. The van der Waals surface area contributed by atoms with Crippen LogP contribution in [0.4, 0.5) is 0 Å². The van der Waals surface area contributed by atoms with E-state index in [0.717, 1.165) is 64.3 Å². The van der Waals surface area contributed by atoms with Crippen LogP contribution in [0.2, 0.25) is 0 Å². The van der Waals surface area contributed by atoms with Crippen LogP contribution in [0.3, 0.4) is 0 Å². The highest BCUT2D eigenvalue weighted by molar-refractivity contribution is 5.93. The van der Waals surface area contributed by atoms with Gasteiger partial charge in [0.2, 0.25) is 11.8 Å². The molecule has 8 heteroatoms. The number of carbonyl (C=O) groups is 2. The molecule has 0 spiro atoms. The van der Waals surface area contributed by atoms with Crippen molar-refractivity contribution in [2.45, 2.75) is 57.7 Å². The molecule has 7 rings (SSSR count). The molecule has 0 bridgehead atoms. The molecule has 2 aliphatic rings. The maximum Gasteiger partial charge on any atom is 0.245 e. The molecule has 0 saturated carbocycles. The van der Waals surface area contributed by atoms with Crippen molar-refractivity contribution in [2.75, 3.05) is 26.3 Å². The van der Waals surface area contributed by atoms with E-state index in [1.165, 1.54) is 0 Å². The Morgan fingerprint density at radius 3 is 2.18 bits per heavy atom. The van der Waals surface area contributed by atoms with Crippen LogP contribution in [0, 0.1) is 11.3 Å². The van der Waals surface area contributed by atoms with Gasteiger partial charge in [0.05, 0.1) is 43.0 Å². The molecule has 2 aliphatic heterocycles. The lowest BCUT2D eigenvalue weighted by Gasteiger charge is -2.40. The highest BCUT2D eigenvalue weighted by Crippen LogP contribution is 2.34. The Kier molecular flexibility index (Phi) is 10.4. The van der Waals surface area contributed by atoms with E-state index < -0.39 is 12.0 Å². The van der Waals surface area contributed by atoms with Gasteiger partial charge in [0.1, 0.15) is 11.9 Å². The molecule has 0 radical (unpaired) electrons. The lowest BCUT2D eigenvalue weighted by Crippen LogP contribution is -2.56. The van der Waals surface area contributed by atoms with Crippen molar-refractivity contribution >= 4 is 11.8 Å². The second kappa shape index (κ2) is 15.6. The number of hydrogen-bond acceptors (Lipinski definition) is 5. The first-order valence-corrected chi connectivity index (χ1v) is 18.0. The molecule has 4 aromatic carbocycles. The largest absolute Gasteiger partial charge is 0.378 e. The van der Waals surface area contributed by atoms with Gasteiger partial charge in [-0.25, -0.2) is 4.98 Å². The van der Waals surface area contributed by atoms with Crippen molar-refractivity contribution in [3.05, 3.63) is 149 Å². The Bertz CT molecular complexity index is 1970. The fourth-order valence-corrected chi connectivity index (χ4v) is 7.41. The molecule has 1 saturated heterocycles. The summed E-state index contributed by atoms with van der Waals surface area (Å²) in [5.74, 6) is 0.290. The SMILES string of the molecule is CCCCc1nc2c(n1Cc1ccc(-c3ccccc3C#N)cc1)C[C@@H](C(=O)N1CCOCC1)N(C(=O)C(c1ccccc1)c1ccccc1)C2. The Balaban J connectivity index is 1.26. The third kappa shape index (κ3) is 7.21. The van der Waals surface area contributed by atoms with Gasteiger partial charge < -0.3 is 19.1 Å². The minimum absolute atomic E-state index is 0.0412. The van der Waals surface area contributed by atoms with Crippen molar-refractivity contribution in [2.24, 2.45) is 0 Å². The first-order valence-electron chi connectivity index (χ1n) is 18.0. The molecular formula is C43H43N5O3. The van der Waals surface area contributed by atoms with Gasteiger partial charge >= 0.3 is 0 Å². The number of fused-ring (bicyclic) bond motifs is 1. The summed E-state index contributed by atoms with van der Waals surface area (Å²) in [5.41, 5.74) is 7.33. The van der Waals surface area contributed by atoms with Crippen LogP contribution in [-0.4, -0.2) is 63.5 Å². The zero-order valence-corrected chi connectivity index (χ0v) is 29.1. The van der Waals surface area contributed by atoms with E-state index >= 15 is 0 Å². The second-order valence-corrected chi connectivity index (χ2v) is 13.3. The Hall–Kier alpha value is -5.52. The van der Waals surface area contributed by atoms with Crippen LogP contribution in [0.1, 0.15) is 65.1 Å². The summed E-state index contributed by atoms with van der Waals surface area (Å²) in [6.07, 6.45) is 3.22. The van der Waals surface area contributed by atoms with E-state index in [0.29, 0.717) is 44.8 Å². The number of ether oxygens (including phenoxy) is 1. The molecule has 1 aromatic heterocycles. The zero-order chi connectivity index (χ0) is 35.2. The minimum atomic E-state index is -0.669. The lowest BCUT2D eigenvalue weighted by atomic mass is 9.88. The number of rotatable bonds is 10. The highest BCUT2D eigenvalue weighted by Gasteiger charge is 2.42. The number of nitrogens with zero attached hydrogens (tertiary/aromatic N) is 5. The summed E-state index contributed by atoms with van der Waals surface area (Å²) in [6, 6.07) is 37.3. The average molecular weight is 678 g/mol. The Morgan fingerprint density at radius 1 is 0.882 bits per heavy atom. The topological polar surface area (TPSA) is 91.5 Å². The lowest BCUT2D eigenvalue weighted by molar-refractivity contribution is -0.150. The maximum atomic E-state index is 14.9. The summed E-state index contributed by atoms with van der Waals surface area (Å²) in [6.45, 7) is 5.03. The van der Waals surface area contributed by atoms with Gasteiger partial charge in [0.15, 0.2) is 0 Å². The van der Waals surface area contributed by atoms with Crippen molar-refractivity contribution in [3.63, 3.8) is 0 Å². The summed E-state index contributed by atoms with van der Waals surface area (Å²) in [7, 11) is 0. The molecule has 0 unspecified atom stereocenters. The summed E-state index contributed by atoms with van der Waals surface area (Å²) >= 11 is 0. The number of nitriles is 1. The first kappa shape index (κ1) is 34.0. The number of imidazole rings is 1. The molecule has 1 fully saturated rings. The van der Waals surface area contributed by atoms with Crippen LogP contribution in [0.5, 0.6) is 0 Å². The fraction of sp³-hybridized carbons (Fsp3) is 0.302. The summed E-state index contributed by atoms with van der Waals surface area (Å²) in [5, 5.41) is 9.64. The molecule has 258 valence electrons. The number of aromatic nitrogens is 2. The number of unbranched alkanes of at least 4 members (excludes halogenated alkanes) is 1. The van der Waals surface area contributed by atoms with Crippen molar-refractivity contribution in [1.82, 2.24) is 19.4 Å². The van der Waals surface area contributed by atoms with Crippen molar-refractivity contribution in [3.8, 4) is 17.2 Å². The first-order chi connectivity index (χ1) is 25.1. The maximum absolute atomic E-state index is 14.9. The van der Waals surface area contributed by atoms with E-state index in [9.17, 15) is 14.9 Å². The van der Waals surface area contributed by atoms with Crippen LogP contribution in [0.25, 0.3) is 11.1 Å². The van der Waals surface area contributed by atoms with Crippen LogP contribution in [-0.2, 0) is 40.3 Å². The predicted octanol–water partition coefficient (Wildman–Crippen LogP) is 6.76. The number of aryl methyl sites for hydroxylation is 1. The van der Waals surface area contributed by atoms with E-state index in [1.807, 2.05) is 89.8 Å². The average Bonchev–Trinajstić information content (AvgIpc) is 3.53. The van der Waals surface area contributed by atoms with Gasteiger partial charge in [-0.2, -0.15) is 5.26 Å². The quantitative estimate of drug-likeness (QED) is 0.163. The van der Waals surface area contributed by atoms with E-state index in [4.69, 9.17) is 9.72 Å². The van der Waals surface area contributed by atoms with Crippen molar-refractivity contribution < 1.29 is 14.3 Å². The van der Waals surface area contributed by atoms with Crippen LogP contribution in [0.15, 0.2) is 109 Å². The van der Waals surface area contributed by atoms with Crippen LogP contribution >= 0.6 is 0 Å². The number of hydrogen-bond donors (Lipinski definition) is 0. The third-order valence-electron chi connectivity index (χ3n) is 10.1. The standard InChI is InChI=1S/C43H43N5O3/c1-2-3-18-40-45-37-30-48(43(50)41(33-12-6-4-7-13-33)34-14-8-5-9-15-34)39(42(49)46-23-25-51-26-24-46)27-38(37)47(40)29-31-19-21-32(22-20-31)36-17-11-10-16-35(36)28-44/h4-17,19-22,39,41H,2-3,18,23-27,29-30H2,1H3/t39-/m0/s1. The molecule has 0 N–H and O–H groups in total. The zero-order valence-electron chi connectivity index (χ0n) is 29.1. The van der Waals surface area contributed by atoms with Crippen LogP contribution < -0.4 is 0 Å². The predicted molar refractivity (Wildman–Crippen MR) is 197 cm³/mol. The smallest absolute Gasteiger partial charge is 0.245 e. The summed E-state index contributed by atoms with van der Waals surface area (Å²) < 4.78 is 7.88. The van der Waals surface area contributed by atoms with Gasteiger partial charge in [-0.1, -0.05) is 116 Å². The fourth-order valence-electron chi connectivity index (χ4n) is 7.41. The third-order valence-corrected chi connectivity index (χ3v) is 10.1. The molecule has 2 amide bonds. The molecule has 8 nitrogen and oxygen atoms in total. The molecular weight excluding hydrogens is 635 g/mol. The summed E-state index contributed by atoms with van der Waals surface area (Å²) in [4.78, 5) is 38.3. The molecule has 51 heavy (non-hydrogen) atoms. The number of amides is 2. The molecule has 1 atom stereocenters. The van der Waals surface area contributed by atoms with Gasteiger partial charge in [0, 0.05) is 38.2 Å². The highest BCUT2D eigenvalue weighted by atomic mass is 16.5. The number of carbonyl (C=O) groups excluding carboxylic acids is 2.